The van der Waals surface area contributed by atoms with E-state index < -0.39 is 29.3 Å². The first-order valence-electron chi connectivity index (χ1n) is 12.5. The molecule has 0 radical (unpaired) electrons. The molecular weight excluding hydrogens is 466 g/mol. The molecule has 2 aliphatic rings. The van der Waals surface area contributed by atoms with Gasteiger partial charge in [-0.25, -0.2) is 8.78 Å². The third-order valence-corrected chi connectivity index (χ3v) is 6.86. The van der Waals surface area contributed by atoms with Gasteiger partial charge in [0.2, 0.25) is 5.91 Å². The summed E-state index contributed by atoms with van der Waals surface area (Å²) in [6.45, 7) is 6.36. The van der Waals surface area contributed by atoms with E-state index in [2.05, 4.69) is 9.88 Å². The number of benzene rings is 1. The van der Waals surface area contributed by atoms with E-state index in [4.69, 9.17) is 10.5 Å². The highest BCUT2D eigenvalue weighted by atomic mass is 19.1. The lowest BCUT2D eigenvalue weighted by Crippen LogP contribution is -2.43. The Bertz CT molecular complexity index is 1080. The topological polar surface area (TPSA) is 88.8 Å². The number of halogens is 2. The van der Waals surface area contributed by atoms with Crippen molar-refractivity contribution in [2.24, 2.45) is 11.7 Å². The van der Waals surface area contributed by atoms with Crippen LogP contribution in [0.4, 0.5) is 8.78 Å². The largest absolute Gasteiger partial charge is 0.492 e. The smallest absolute Gasteiger partial charge is 0.254 e. The van der Waals surface area contributed by atoms with Crippen molar-refractivity contribution in [3.63, 3.8) is 0 Å². The number of aromatic nitrogens is 1. The summed E-state index contributed by atoms with van der Waals surface area (Å²) in [6, 6.07) is 7.03. The van der Waals surface area contributed by atoms with Gasteiger partial charge in [0, 0.05) is 24.2 Å². The van der Waals surface area contributed by atoms with Gasteiger partial charge in [-0.1, -0.05) is 0 Å². The molecule has 1 unspecified atom stereocenters. The van der Waals surface area contributed by atoms with E-state index in [9.17, 15) is 18.4 Å². The molecule has 4 rings (SSSR count). The summed E-state index contributed by atoms with van der Waals surface area (Å²) in [6.07, 6.45) is 4.69. The van der Waals surface area contributed by atoms with Crippen molar-refractivity contribution in [1.29, 1.82) is 0 Å². The van der Waals surface area contributed by atoms with Crippen molar-refractivity contribution in [3.05, 3.63) is 47.9 Å². The van der Waals surface area contributed by atoms with Crippen LogP contribution in [-0.2, 0) is 4.79 Å². The molecule has 3 heterocycles. The van der Waals surface area contributed by atoms with Gasteiger partial charge >= 0.3 is 0 Å². The minimum atomic E-state index is -1.19. The zero-order chi connectivity index (χ0) is 25.9. The number of carbonyl (C=O) groups is 2. The lowest BCUT2D eigenvalue weighted by atomic mass is 9.97. The Morgan fingerprint density at radius 2 is 1.89 bits per heavy atom. The van der Waals surface area contributed by atoms with Crippen molar-refractivity contribution in [1.82, 2.24) is 14.8 Å². The Labute approximate surface area is 210 Å². The molecule has 2 fully saturated rings. The van der Waals surface area contributed by atoms with Gasteiger partial charge in [-0.3, -0.25) is 14.6 Å². The van der Waals surface area contributed by atoms with Crippen LogP contribution < -0.4 is 10.5 Å². The Morgan fingerprint density at radius 1 is 1.14 bits per heavy atom. The summed E-state index contributed by atoms with van der Waals surface area (Å²) >= 11 is 0. The maximum absolute atomic E-state index is 14.9. The number of alkyl halides is 1. The number of ether oxygens (including phenoxy) is 1. The molecule has 2 N–H and O–H groups in total. The number of primary amides is 1. The van der Waals surface area contributed by atoms with E-state index in [1.165, 1.54) is 17.0 Å². The monoisotopic (exact) mass is 500 g/mol. The van der Waals surface area contributed by atoms with Crippen LogP contribution in [-0.4, -0.2) is 71.1 Å². The highest BCUT2D eigenvalue weighted by molar-refractivity contribution is 5.98. The third kappa shape index (κ3) is 6.37. The van der Waals surface area contributed by atoms with Gasteiger partial charge < -0.3 is 20.3 Å². The molecule has 2 aromatic rings. The number of hydrogen-bond donors (Lipinski definition) is 1. The number of pyridine rings is 1. The molecule has 194 valence electrons. The minimum absolute atomic E-state index is 0.172. The lowest BCUT2D eigenvalue weighted by molar-refractivity contribution is -0.121. The van der Waals surface area contributed by atoms with Gasteiger partial charge in [0.15, 0.2) is 0 Å². The molecule has 0 aliphatic carbocycles. The first-order chi connectivity index (χ1) is 17.1. The van der Waals surface area contributed by atoms with Crippen LogP contribution in [0.1, 0.15) is 49.9 Å². The van der Waals surface area contributed by atoms with E-state index in [1.54, 1.807) is 38.2 Å². The number of hydrogen-bond acceptors (Lipinski definition) is 5. The van der Waals surface area contributed by atoms with Crippen LogP contribution in [0.15, 0.2) is 36.5 Å². The van der Waals surface area contributed by atoms with Crippen molar-refractivity contribution in [2.45, 2.75) is 51.2 Å². The molecule has 2 amide bonds. The summed E-state index contributed by atoms with van der Waals surface area (Å²) in [5.74, 6) is -0.519. The number of rotatable bonds is 8. The molecule has 1 aromatic carbocycles. The quantitative estimate of drug-likeness (QED) is 0.595. The normalized spacial score (nSPS) is 19.4. The van der Waals surface area contributed by atoms with Crippen LogP contribution in [0, 0.1) is 11.7 Å². The lowest BCUT2D eigenvalue weighted by Gasteiger charge is -2.34. The molecule has 0 bridgehead atoms. The maximum Gasteiger partial charge on any atom is 0.254 e. The van der Waals surface area contributed by atoms with Crippen LogP contribution >= 0.6 is 0 Å². The maximum atomic E-state index is 14.9. The van der Waals surface area contributed by atoms with Gasteiger partial charge in [-0.15, -0.1) is 0 Å². The second-order valence-electron chi connectivity index (χ2n) is 10.4. The SMILES string of the molecule is CC(C)(F)CN1CCC(COc2ccc(-c3ccc(C(=O)N4CCCC4C(N)=O)cc3F)nc2)CC1. The van der Waals surface area contributed by atoms with Crippen molar-refractivity contribution in [2.75, 3.05) is 32.8 Å². The number of carbonyl (C=O) groups excluding carboxylic acids is 2. The predicted octanol–water partition coefficient (Wildman–Crippen LogP) is 3.82. The Morgan fingerprint density at radius 3 is 2.50 bits per heavy atom. The average Bonchev–Trinajstić information content (AvgIpc) is 3.33. The fourth-order valence-corrected chi connectivity index (χ4v) is 5.01. The van der Waals surface area contributed by atoms with E-state index in [1.807, 2.05) is 0 Å². The molecule has 1 atom stereocenters. The van der Waals surface area contributed by atoms with Gasteiger partial charge in [0.25, 0.3) is 5.91 Å². The van der Waals surface area contributed by atoms with E-state index in [0.29, 0.717) is 49.9 Å². The Balaban J connectivity index is 1.32. The highest BCUT2D eigenvalue weighted by Crippen LogP contribution is 2.27. The van der Waals surface area contributed by atoms with Gasteiger partial charge in [-0.2, -0.15) is 0 Å². The van der Waals surface area contributed by atoms with E-state index in [0.717, 1.165) is 25.9 Å². The zero-order valence-corrected chi connectivity index (χ0v) is 20.9. The molecular formula is C27H34F2N4O3. The summed E-state index contributed by atoms with van der Waals surface area (Å²) in [5.41, 5.74) is 5.08. The Kier molecular flexibility index (Phi) is 7.88. The minimum Gasteiger partial charge on any atom is -0.492 e. The number of amides is 2. The fourth-order valence-electron chi connectivity index (χ4n) is 5.01. The molecule has 0 saturated carbocycles. The number of nitrogens with zero attached hydrogens (tertiary/aromatic N) is 3. The van der Waals surface area contributed by atoms with Crippen LogP contribution in [0.25, 0.3) is 11.3 Å². The summed E-state index contributed by atoms with van der Waals surface area (Å²) < 4.78 is 34.7. The predicted molar refractivity (Wildman–Crippen MR) is 133 cm³/mol. The summed E-state index contributed by atoms with van der Waals surface area (Å²) in [5, 5.41) is 0. The second kappa shape index (κ2) is 10.9. The number of nitrogens with two attached hydrogens (primary N) is 1. The van der Waals surface area contributed by atoms with E-state index >= 15 is 0 Å². The molecule has 7 nitrogen and oxygen atoms in total. The number of likely N-dealkylation sites (tertiary alicyclic amines) is 2. The van der Waals surface area contributed by atoms with Crippen LogP contribution in [0.3, 0.4) is 0 Å². The standard InChI is InChI=1S/C27H34F2N4O3/c1-27(2,29)17-32-12-9-18(10-13-32)16-36-20-6-8-23(31-15-20)21-7-5-19(14-22(21)28)26(35)33-11-3-4-24(33)25(30)34/h5-8,14-15,18,24H,3-4,9-13,16-17H2,1-2H3,(H2,30,34). The number of piperidine rings is 1. The van der Waals surface area contributed by atoms with Gasteiger partial charge in [0.1, 0.15) is 23.3 Å². The zero-order valence-electron chi connectivity index (χ0n) is 20.9. The van der Waals surface area contributed by atoms with Crippen LogP contribution in [0.2, 0.25) is 0 Å². The van der Waals surface area contributed by atoms with Crippen LogP contribution in [0.5, 0.6) is 5.75 Å². The Hall–Kier alpha value is -3.07. The van der Waals surface area contributed by atoms with E-state index in [-0.39, 0.29) is 11.1 Å². The fraction of sp³-hybridized carbons (Fsp3) is 0.519. The molecule has 36 heavy (non-hydrogen) atoms. The first-order valence-corrected chi connectivity index (χ1v) is 12.5. The second-order valence-corrected chi connectivity index (χ2v) is 10.4. The first kappa shape index (κ1) is 26.0. The van der Waals surface area contributed by atoms with Gasteiger partial charge in [0.05, 0.1) is 18.5 Å². The van der Waals surface area contributed by atoms with Crippen molar-refractivity contribution < 1.29 is 23.1 Å². The molecule has 2 saturated heterocycles. The average molecular weight is 501 g/mol. The molecule has 2 aliphatic heterocycles. The highest BCUT2D eigenvalue weighted by Gasteiger charge is 2.33. The van der Waals surface area contributed by atoms with Gasteiger partial charge in [-0.05, 0) is 88.9 Å². The third-order valence-electron chi connectivity index (χ3n) is 6.86. The van der Waals surface area contributed by atoms with Crippen molar-refractivity contribution >= 4 is 11.8 Å². The molecule has 0 spiro atoms. The molecule has 1 aromatic heterocycles. The summed E-state index contributed by atoms with van der Waals surface area (Å²) in [4.78, 5) is 32.3. The van der Waals surface area contributed by atoms with Crippen molar-refractivity contribution in [3.8, 4) is 17.0 Å². The summed E-state index contributed by atoms with van der Waals surface area (Å²) in [7, 11) is 0. The molecule has 9 heteroatoms.